The number of hydrogen-bond donors (Lipinski definition) is 3. The van der Waals surface area contributed by atoms with E-state index in [9.17, 15) is 32.3 Å². The van der Waals surface area contributed by atoms with E-state index in [1.54, 1.807) is 0 Å². The molecule has 0 aliphatic carbocycles. The Morgan fingerprint density at radius 3 is 2.53 bits per heavy atom. The number of nitrogens with one attached hydrogen (secondary N) is 2. The highest BCUT2D eigenvalue weighted by Gasteiger charge is 2.37. The highest BCUT2D eigenvalue weighted by molar-refractivity contribution is 7.99. The molecule has 2 aromatic carbocycles. The van der Waals surface area contributed by atoms with Gasteiger partial charge >= 0.3 is 11.9 Å². The average Bonchev–Trinajstić information content (AvgIpc) is 2.77. The lowest BCUT2D eigenvalue weighted by Gasteiger charge is -2.21. The van der Waals surface area contributed by atoms with Gasteiger partial charge in [-0.15, -0.1) is 11.8 Å². The second-order valence-corrected chi connectivity index (χ2v) is 8.50. The molecule has 0 saturated heterocycles. The molecule has 3 rings (SSSR count). The van der Waals surface area contributed by atoms with Gasteiger partial charge in [0.2, 0.25) is 0 Å². The van der Waals surface area contributed by atoms with Crippen molar-refractivity contribution in [3.63, 3.8) is 0 Å². The minimum Gasteiger partial charge on any atom is -0.394 e. The van der Waals surface area contributed by atoms with Crippen molar-refractivity contribution in [3.8, 4) is 11.1 Å². The molecule has 7 nitrogen and oxygen atoms in total. The van der Waals surface area contributed by atoms with Crippen molar-refractivity contribution in [3.05, 3.63) is 61.5 Å². The zero-order valence-corrected chi connectivity index (χ0v) is 19.2. The fraction of sp³-hybridized carbons (Fsp3) is 0.333. The van der Waals surface area contributed by atoms with Gasteiger partial charge < -0.3 is 19.6 Å². The predicted molar refractivity (Wildman–Crippen MR) is 120 cm³/mol. The third-order valence-electron chi connectivity index (χ3n) is 4.76. The number of rotatable bonds is 9. The molecular weight excluding hydrogens is 504 g/mol. The number of fused-ring (bicyclic) bond motifs is 1. The highest BCUT2D eigenvalue weighted by Crippen LogP contribution is 2.45. The van der Waals surface area contributed by atoms with Crippen LogP contribution in [0.15, 0.2) is 38.8 Å². The van der Waals surface area contributed by atoms with Crippen LogP contribution in [0, 0.1) is 5.82 Å². The summed E-state index contributed by atoms with van der Waals surface area (Å²) in [5, 5.41) is 8.81. The lowest BCUT2D eigenvalue weighted by Crippen LogP contribution is -2.24. The van der Waals surface area contributed by atoms with Crippen LogP contribution in [-0.4, -0.2) is 53.9 Å². The van der Waals surface area contributed by atoms with Crippen LogP contribution in [-0.2, 0) is 15.7 Å². The third kappa shape index (κ3) is 5.81. The number of alkyl halides is 3. The first-order valence-electron chi connectivity index (χ1n) is 9.77. The van der Waals surface area contributed by atoms with Crippen LogP contribution in [0.25, 0.3) is 22.0 Å². The van der Waals surface area contributed by atoms with Crippen molar-refractivity contribution in [2.75, 3.05) is 32.7 Å². The molecule has 1 atom stereocenters. The molecule has 184 valence electrons. The first-order valence-corrected chi connectivity index (χ1v) is 11.1. The lowest BCUT2D eigenvalue weighted by atomic mass is 9.97. The van der Waals surface area contributed by atoms with Crippen LogP contribution in [0.1, 0.15) is 5.56 Å². The maximum absolute atomic E-state index is 14.1. The van der Waals surface area contributed by atoms with Crippen LogP contribution >= 0.6 is 23.4 Å². The quantitative estimate of drug-likeness (QED) is 0.224. The molecule has 0 bridgehead atoms. The zero-order valence-electron chi connectivity index (χ0n) is 17.6. The second-order valence-electron chi connectivity index (χ2n) is 7.06. The third-order valence-corrected chi connectivity index (χ3v) is 6.29. The fourth-order valence-corrected chi connectivity index (χ4v) is 4.62. The Hall–Kier alpha value is -2.38. The van der Waals surface area contributed by atoms with E-state index < -0.39 is 57.5 Å². The first-order chi connectivity index (χ1) is 16.1. The molecule has 13 heteroatoms. The maximum Gasteiger partial charge on any atom is 0.417 e. The Kier molecular flexibility index (Phi) is 8.42. The van der Waals surface area contributed by atoms with E-state index >= 15 is 0 Å². The molecule has 0 amide bonds. The van der Waals surface area contributed by atoms with Gasteiger partial charge in [-0.3, -0.25) is 9.78 Å². The molecular formula is C21H19ClF4N2O5S. The lowest BCUT2D eigenvalue weighted by molar-refractivity contribution is -0.137. The Morgan fingerprint density at radius 2 is 1.91 bits per heavy atom. The number of benzene rings is 2. The molecule has 0 aliphatic heterocycles. The van der Waals surface area contributed by atoms with Crippen molar-refractivity contribution in [2.45, 2.75) is 17.2 Å². The van der Waals surface area contributed by atoms with Crippen LogP contribution in [0.5, 0.6) is 0 Å². The molecule has 0 radical (unpaired) electrons. The summed E-state index contributed by atoms with van der Waals surface area (Å²) in [5.41, 5.74) is -3.73. The first kappa shape index (κ1) is 26.2. The van der Waals surface area contributed by atoms with Gasteiger partial charge in [-0.2, -0.15) is 13.2 Å². The molecule has 1 heterocycles. The summed E-state index contributed by atoms with van der Waals surface area (Å²) >= 11 is 6.67. The minimum atomic E-state index is -4.91. The number of aliphatic hydroxyl groups is 1. The second kappa shape index (κ2) is 10.9. The van der Waals surface area contributed by atoms with Gasteiger partial charge in [0.25, 0.3) is 5.56 Å². The normalized spacial score (nSPS) is 12.9. The molecule has 0 spiro atoms. The van der Waals surface area contributed by atoms with Crippen LogP contribution < -0.4 is 11.2 Å². The summed E-state index contributed by atoms with van der Waals surface area (Å²) in [6.45, 7) is -0.0827. The molecule has 34 heavy (non-hydrogen) atoms. The van der Waals surface area contributed by atoms with Crippen LogP contribution in [0.2, 0.25) is 5.02 Å². The number of hydrogen-bond acceptors (Lipinski definition) is 6. The summed E-state index contributed by atoms with van der Waals surface area (Å²) in [4.78, 5) is 28.5. The minimum absolute atomic E-state index is 0.0343. The Morgan fingerprint density at radius 1 is 1.18 bits per heavy atom. The number of aliphatic hydroxyl groups excluding tert-OH is 1. The van der Waals surface area contributed by atoms with E-state index in [1.165, 1.54) is 7.11 Å². The van der Waals surface area contributed by atoms with Gasteiger partial charge in [0, 0.05) is 23.3 Å². The van der Waals surface area contributed by atoms with Crippen molar-refractivity contribution in [1.29, 1.82) is 0 Å². The number of ether oxygens (including phenoxy) is 2. The Labute approximate surface area is 199 Å². The van der Waals surface area contributed by atoms with Gasteiger partial charge in [0.05, 0.1) is 47.4 Å². The fourth-order valence-electron chi connectivity index (χ4n) is 3.21. The number of aromatic nitrogens is 2. The molecule has 0 aliphatic rings. The summed E-state index contributed by atoms with van der Waals surface area (Å²) < 4.78 is 66.5. The van der Waals surface area contributed by atoms with Crippen LogP contribution in [0.4, 0.5) is 17.6 Å². The van der Waals surface area contributed by atoms with Crippen molar-refractivity contribution >= 4 is 34.3 Å². The molecule has 3 N–H and O–H groups in total. The van der Waals surface area contributed by atoms with E-state index in [4.69, 9.17) is 21.1 Å². The standard InChI is InChI=1S/C21H19ClF4N2O5S/c1-32-4-5-33-11(8-29)9-34-18-16(10-2-3-15(23)14(22)6-10)13(21(24,25)26)7-12-17(18)27-20(31)28-19(12)30/h2-3,6-7,11,29H,4-5,8-9H2,1H3,(H2,27,28,30,31)/t11-/m0/s1. The number of halogens is 5. The number of methoxy groups -OCH3 is 1. The molecule has 3 aromatic rings. The number of thioether (sulfide) groups is 1. The van der Waals surface area contributed by atoms with Crippen LogP contribution in [0.3, 0.4) is 0 Å². The number of H-pyrrole nitrogens is 2. The van der Waals surface area contributed by atoms with E-state index in [0.717, 1.165) is 30.0 Å². The predicted octanol–water partition coefficient (Wildman–Crippen LogP) is 3.81. The van der Waals surface area contributed by atoms with Gasteiger partial charge in [-0.25, -0.2) is 9.18 Å². The number of aromatic amines is 2. The average molecular weight is 523 g/mol. The maximum atomic E-state index is 14.1. The molecule has 1 aromatic heterocycles. The van der Waals surface area contributed by atoms with Crippen molar-refractivity contribution in [1.82, 2.24) is 9.97 Å². The summed E-state index contributed by atoms with van der Waals surface area (Å²) in [5.74, 6) is -0.862. The Balaban J connectivity index is 2.28. The Bertz CT molecular complexity index is 1300. The molecule has 0 saturated carbocycles. The van der Waals surface area contributed by atoms with E-state index in [2.05, 4.69) is 4.98 Å². The molecule has 0 fully saturated rings. The van der Waals surface area contributed by atoms with Crippen molar-refractivity contribution in [2.24, 2.45) is 0 Å². The van der Waals surface area contributed by atoms with Gasteiger partial charge in [0.15, 0.2) is 0 Å². The van der Waals surface area contributed by atoms with Gasteiger partial charge in [-0.1, -0.05) is 17.7 Å². The molecule has 0 unspecified atom stereocenters. The monoisotopic (exact) mass is 522 g/mol. The van der Waals surface area contributed by atoms with E-state index in [1.807, 2.05) is 4.98 Å². The highest BCUT2D eigenvalue weighted by atomic mass is 35.5. The summed E-state index contributed by atoms with van der Waals surface area (Å²) in [6.07, 6.45) is -5.70. The van der Waals surface area contributed by atoms with Crippen molar-refractivity contribution < 1.29 is 32.1 Å². The SMILES string of the molecule is COCCO[C@@H](CO)CSc1c(-c2ccc(F)c(Cl)c2)c(C(F)(F)F)cc2c(=O)[nH]c(=O)[nH]c12. The van der Waals surface area contributed by atoms with E-state index in [-0.39, 0.29) is 34.9 Å². The topological polar surface area (TPSA) is 104 Å². The van der Waals surface area contributed by atoms with E-state index in [0.29, 0.717) is 6.07 Å². The van der Waals surface area contributed by atoms with Gasteiger partial charge in [-0.05, 0) is 23.8 Å². The zero-order chi connectivity index (χ0) is 25.0. The van der Waals surface area contributed by atoms with Gasteiger partial charge in [0.1, 0.15) is 5.82 Å². The smallest absolute Gasteiger partial charge is 0.394 e. The summed E-state index contributed by atoms with van der Waals surface area (Å²) in [6, 6.07) is 3.69. The largest absolute Gasteiger partial charge is 0.417 e. The summed E-state index contributed by atoms with van der Waals surface area (Å²) in [7, 11) is 1.45.